The van der Waals surface area contributed by atoms with Crippen LogP contribution in [0.25, 0.3) is 6.08 Å². The normalized spacial score (nSPS) is 40.3. The Morgan fingerprint density at radius 3 is 1.86 bits per heavy atom. The number of aliphatic hydroxyl groups is 11. The molecule has 1 aliphatic carbocycles. The summed E-state index contributed by atoms with van der Waals surface area (Å²) in [6.07, 6.45) is -18.7. The molecule has 2 saturated heterocycles. The molecule has 11 unspecified atom stereocenters. The van der Waals surface area contributed by atoms with E-state index in [0.717, 1.165) is 6.08 Å². The van der Waals surface area contributed by atoms with E-state index < -0.39 is 114 Å². The van der Waals surface area contributed by atoms with Gasteiger partial charge in [0.15, 0.2) is 0 Å². The van der Waals surface area contributed by atoms with Crippen molar-refractivity contribution in [2.75, 3.05) is 13.2 Å². The van der Waals surface area contributed by atoms with Crippen molar-refractivity contribution in [3.05, 3.63) is 58.6 Å². The Kier molecular flexibility index (Phi) is 9.41. The van der Waals surface area contributed by atoms with Crippen LogP contribution >= 0.6 is 0 Å². The van der Waals surface area contributed by atoms with E-state index in [2.05, 4.69) is 0 Å². The van der Waals surface area contributed by atoms with Crippen LogP contribution in [-0.2, 0) is 19.1 Å². The van der Waals surface area contributed by atoms with E-state index in [-0.39, 0.29) is 5.75 Å². The second-order valence-electron chi connectivity index (χ2n) is 10.4. The topological polar surface area (TPSA) is 295 Å². The number of hydrogen-bond donors (Lipinski definition) is 12. The lowest BCUT2D eigenvalue weighted by molar-refractivity contribution is -0.261. The molecule has 12 N–H and O–H groups in total. The van der Waals surface area contributed by atoms with Crippen LogP contribution in [0.5, 0.6) is 5.75 Å². The number of aromatic hydroxyl groups is 1. The zero-order chi connectivity index (χ0) is 32.0. The number of phenols is 1. The molecule has 2 aliphatic heterocycles. The molecule has 2 fully saturated rings. The molecule has 43 heavy (non-hydrogen) atoms. The monoisotopic (exact) mass is 612 g/mol. The molecule has 1 aromatic rings. The Balaban J connectivity index is 1.92. The number of Topliss-reactive ketones (excluding diaryl/α,β-unsaturated/α-hetero) is 2. The molecular weight excluding hydrogens is 580 g/mol. The molecule has 4 rings (SSSR count). The van der Waals surface area contributed by atoms with Crippen molar-refractivity contribution < 1.29 is 80.3 Å². The lowest BCUT2D eigenvalue weighted by atomic mass is 9.69. The highest BCUT2D eigenvalue weighted by atomic mass is 16.6. The Bertz CT molecular complexity index is 1320. The second-order valence-corrected chi connectivity index (χ2v) is 10.4. The summed E-state index contributed by atoms with van der Waals surface area (Å²) < 4.78 is 10.6. The molecule has 0 aromatic heterocycles. The van der Waals surface area contributed by atoms with Gasteiger partial charge in [-0.1, -0.05) is 18.2 Å². The fourth-order valence-corrected chi connectivity index (χ4v) is 5.24. The summed E-state index contributed by atoms with van der Waals surface area (Å²) in [6.45, 7) is -1.99. The molecule has 3 aliphatic rings. The Morgan fingerprint density at radius 2 is 1.30 bits per heavy atom. The van der Waals surface area contributed by atoms with Gasteiger partial charge in [-0.25, -0.2) is 0 Å². The number of aliphatic hydroxyl groups excluding tert-OH is 10. The van der Waals surface area contributed by atoms with Crippen LogP contribution in [0.15, 0.2) is 53.0 Å². The van der Waals surface area contributed by atoms with Gasteiger partial charge in [0.2, 0.25) is 17.2 Å². The number of ketones is 2. The van der Waals surface area contributed by atoms with Crippen LogP contribution in [0, 0.1) is 0 Å². The summed E-state index contributed by atoms with van der Waals surface area (Å²) in [5, 5.41) is 125. The molecule has 1 aromatic carbocycles. The Hall–Kier alpha value is -3.26. The predicted octanol–water partition coefficient (Wildman–Crippen LogP) is -4.40. The highest BCUT2D eigenvalue weighted by Gasteiger charge is 2.65. The van der Waals surface area contributed by atoms with Gasteiger partial charge in [-0.15, -0.1) is 0 Å². The maximum Gasteiger partial charge on any atom is 0.219 e. The fraction of sp³-hybridized carbons (Fsp3) is 0.481. The lowest BCUT2D eigenvalue weighted by Crippen LogP contribution is -2.72. The minimum atomic E-state index is -3.63. The van der Waals surface area contributed by atoms with Crippen molar-refractivity contribution >= 4 is 17.6 Å². The Morgan fingerprint density at radius 1 is 0.767 bits per heavy atom. The summed E-state index contributed by atoms with van der Waals surface area (Å²) in [5.74, 6) is -6.12. The minimum Gasteiger partial charge on any atom is -0.508 e. The summed E-state index contributed by atoms with van der Waals surface area (Å²) in [5.41, 5.74) is -5.62. The first-order valence-electron chi connectivity index (χ1n) is 13.0. The number of ether oxygens (including phenoxy) is 2. The zero-order valence-electron chi connectivity index (χ0n) is 22.2. The van der Waals surface area contributed by atoms with Crippen molar-refractivity contribution in [1.82, 2.24) is 0 Å². The molecule has 0 radical (unpaired) electrons. The van der Waals surface area contributed by atoms with Gasteiger partial charge in [-0.3, -0.25) is 9.59 Å². The van der Waals surface area contributed by atoms with Crippen LogP contribution in [-0.4, -0.2) is 153 Å². The first kappa shape index (κ1) is 32.6. The quantitative estimate of drug-likeness (QED) is 0.0820. The van der Waals surface area contributed by atoms with Gasteiger partial charge in [-0.05, 0) is 23.8 Å². The predicted molar refractivity (Wildman–Crippen MR) is 139 cm³/mol. The first-order valence-corrected chi connectivity index (χ1v) is 13.0. The third-order valence-corrected chi connectivity index (χ3v) is 7.72. The van der Waals surface area contributed by atoms with E-state index in [1.165, 1.54) is 30.3 Å². The van der Waals surface area contributed by atoms with E-state index >= 15 is 0 Å². The fourth-order valence-electron chi connectivity index (χ4n) is 5.24. The van der Waals surface area contributed by atoms with Gasteiger partial charge in [0.05, 0.1) is 18.8 Å². The third-order valence-electron chi connectivity index (χ3n) is 7.72. The van der Waals surface area contributed by atoms with E-state index in [4.69, 9.17) is 9.47 Å². The van der Waals surface area contributed by atoms with Crippen molar-refractivity contribution in [2.45, 2.75) is 66.6 Å². The number of hydrogen-bond acceptors (Lipinski definition) is 16. The SMILES string of the molecule is O=C1C(C2OC(CO)C(O)C(O)C2O)=C(O)/C(=C(O)/C=C/c2ccc(O)cc2)C(=O)C1(O)C1OC(CO)C(O)C(O)C1O. The van der Waals surface area contributed by atoms with Crippen LogP contribution in [0.1, 0.15) is 5.56 Å². The molecule has 0 amide bonds. The molecule has 0 saturated carbocycles. The number of rotatable bonds is 6. The summed E-state index contributed by atoms with van der Waals surface area (Å²) in [4.78, 5) is 27.6. The molecule has 2 heterocycles. The van der Waals surface area contributed by atoms with Crippen LogP contribution in [0.4, 0.5) is 0 Å². The second kappa shape index (κ2) is 12.4. The zero-order valence-corrected chi connectivity index (χ0v) is 22.2. The van der Waals surface area contributed by atoms with Crippen LogP contribution in [0.2, 0.25) is 0 Å². The van der Waals surface area contributed by atoms with Gasteiger partial charge >= 0.3 is 0 Å². The summed E-state index contributed by atoms with van der Waals surface area (Å²) in [7, 11) is 0. The van der Waals surface area contributed by atoms with Crippen molar-refractivity contribution in [1.29, 1.82) is 0 Å². The van der Waals surface area contributed by atoms with Gasteiger partial charge < -0.3 is 70.8 Å². The number of carbonyl (C=O) groups is 2. The number of phenolic OH excluding ortho intramolecular Hbond substituents is 1. The maximum absolute atomic E-state index is 13.9. The molecule has 0 spiro atoms. The summed E-state index contributed by atoms with van der Waals surface area (Å²) in [6, 6.07) is 5.38. The molecule has 236 valence electrons. The Labute approximate surface area is 242 Å². The van der Waals surface area contributed by atoms with E-state index in [9.17, 15) is 70.9 Å². The standard InChI is InChI=1S/C27H32O16/c28-7-12-16(32)19(35)21(37)23(42-12)15-18(34)14(11(31)6-3-9-1-4-10(30)5-2-9)24(39)27(41,25(15)40)26-22(38)20(36)17(33)13(8-29)43-26/h1-6,12-13,16-17,19-23,26,28-38,41H,7-8H2/b6-3+,14-11+. The van der Waals surface area contributed by atoms with E-state index in [1.807, 2.05) is 0 Å². The third kappa shape index (κ3) is 5.47. The molecule has 0 bridgehead atoms. The lowest BCUT2D eigenvalue weighted by Gasteiger charge is -2.48. The number of carbonyl (C=O) groups excluding carboxylic acids is 2. The number of allylic oxidation sites excluding steroid dienone is 2. The molecule has 16 heteroatoms. The maximum atomic E-state index is 13.9. The van der Waals surface area contributed by atoms with E-state index in [1.54, 1.807) is 0 Å². The van der Waals surface area contributed by atoms with Gasteiger partial charge in [0, 0.05) is 0 Å². The largest absolute Gasteiger partial charge is 0.508 e. The van der Waals surface area contributed by atoms with Crippen molar-refractivity contribution in [3.63, 3.8) is 0 Å². The molecule has 11 atom stereocenters. The van der Waals surface area contributed by atoms with Crippen LogP contribution in [0.3, 0.4) is 0 Å². The highest BCUT2D eigenvalue weighted by molar-refractivity contribution is 6.28. The van der Waals surface area contributed by atoms with Gasteiger partial charge in [0.25, 0.3) is 0 Å². The van der Waals surface area contributed by atoms with Crippen molar-refractivity contribution in [2.24, 2.45) is 0 Å². The molecule has 16 nitrogen and oxygen atoms in total. The smallest absolute Gasteiger partial charge is 0.219 e. The summed E-state index contributed by atoms with van der Waals surface area (Å²) >= 11 is 0. The van der Waals surface area contributed by atoms with E-state index in [0.29, 0.717) is 5.56 Å². The molecular formula is C27H32O16. The average Bonchev–Trinajstić information content (AvgIpc) is 2.98. The first-order chi connectivity index (χ1) is 20.2. The van der Waals surface area contributed by atoms with Gasteiger partial charge in [0.1, 0.15) is 83.9 Å². The number of benzene rings is 1. The average molecular weight is 613 g/mol. The van der Waals surface area contributed by atoms with Gasteiger partial charge in [-0.2, -0.15) is 0 Å². The van der Waals surface area contributed by atoms with Crippen molar-refractivity contribution in [3.8, 4) is 5.75 Å². The minimum absolute atomic E-state index is 0.0879. The van der Waals surface area contributed by atoms with Crippen LogP contribution < -0.4 is 0 Å². The highest BCUT2D eigenvalue weighted by Crippen LogP contribution is 2.42.